The van der Waals surface area contributed by atoms with Gasteiger partial charge in [0.15, 0.2) is 0 Å². The summed E-state index contributed by atoms with van der Waals surface area (Å²) in [6, 6.07) is -0.726. The lowest BCUT2D eigenvalue weighted by Crippen LogP contribution is -2.40. The smallest absolute Gasteiger partial charge is 0.326 e. The van der Waals surface area contributed by atoms with Crippen molar-refractivity contribution in [2.24, 2.45) is 5.92 Å². The van der Waals surface area contributed by atoms with E-state index in [9.17, 15) is 9.59 Å². The maximum absolute atomic E-state index is 11.7. The Morgan fingerprint density at radius 2 is 2.06 bits per heavy atom. The van der Waals surface area contributed by atoms with Crippen molar-refractivity contribution in [3.8, 4) is 0 Å². The molecule has 0 bridgehead atoms. The maximum atomic E-state index is 11.7. The second kappa shape index (κ2) is 8.08. The van der Waals surface area contributed by atoms with E-state index < -0.39 is 12.0 Å². The lowest BCUT2D eigenvalue weighted by Gasteiger charge is -2.22. The van der Waals surface area contributed by atoms with Gasteiger partial charge in [-0.3, -0.25) is 4.79 Å². The molecule has 0 unspecified atom stereocenters. The third-order valence-corrected chi connectivity index (χ3v) is 3.45. The molecule has 5 nitrogen and oxygen atoms in total. The maximum Gasteiger partial charge on any atom is 0.326 e. The summed E-state index contributed by atoms with van der Waals surface area (Å²) in [7, 11) is 0. The molecule has 1 saturated heterocycles. The lowest BCUT2D eigenvalue weighted by molar-refractivity contribution is -0.142. The number of amides is 1. The van der Waals surface area contributed by atoms with Crippen LogP contribution in [0.25, 0.3) is 0 Å². The minimum absolute atomic E-state index is 0.130. The Morgan fingerprint density at radius 1 is 1.39 bits per heavy atom. The van der Waals surface area contributed by atoms with E-state index in [0.717, 1.165) is 38.8 Å². The number of hydrogen-bond donors (Lipinski definition) is 3. The second-order valence-corrected chi connectivity index (χ2v) is 4.98. The Labute approximate surface area is 108 Å². The van der Waals surface area contributed by atoms with Crippen LogP contribution in [0.2, 0.25) is 0 Å². The molecule has 1 heterocycles. The fourth-order valence-corrected chi connectivity index (χ4v) is 2.32. The van der Waals surface area contributed by atoms with Gasteiger partial charge in [0.25, 0.3) is 0 Å². The van der Waals surface area contributed by atoms with Gasteiger partial charge in [-0.05, 0) is 44.7 Å². The van der Waals surface area contributed by atoms with Crippen LogP contribution >= 0.6 is 0 Å². The van der Waals surface area contributed by atoms with Crippen LogP contribution in [-0.2, 0) is 9.59 Å². The van der Waals surface area contributed by atoms with Gasteiger partial charge in [-0.1, -0.05) is 13.3 Å². The quantitative estimate of drug-likeness (QED) is 0.638. The summed E-state index contributed by atoms with van der Waals surface area (Å²) in [5, 5.41) is 14.8. The molecule has 0 aromatic heterocycles. The Kier molecular flexibility index (Phi) is 6.72. The summed E-state index contributed by atoms with van der Waals surface area (Å²) in [5.74, 6) is -0.465. The van der Waals surface area contributed by atoms with E-state index in [4.69, 9.17) is 5.11 Å². The molecule has 0 aliphatic carbocycles. The zero-order chi connectivity index (χ0) is 13.4. The number of rotatable bonds is 7. The molecule has 1 atom stereocenters. The fraction of sp³-hybridized carbons (Fsp3) is 0.846. The number of nitrogens with one attached hydrogen (secondary N) is 2. The first-order valence-corrected chi connectivity index (χ1v) is 6.86. The van der Waals surface area contributed by atoms with Crippen molar-refractivity contribution in [2.45, 2.75) is 51.5 Å². The van der Waals surface area contributed by atoms with E-state index in [1.807, 2.05) is 6.92 Å². The zero-order valence-corrected chi connectivity index (χ0v) is 11.1. The molecule has 0 spiro atoms. The summed E-state index contributed by atoms with van der Waals surface area (Å²) < 4.78 is 0. The van der Waals surface area contributed by atoms with Crippen molar-refractivity contribution in [1.82, 2.24) is 10.6 Å². The molecule has 104 valence electrons. The van der Waals surface area contributed by atoms with Crippen molar-refractivity contribution in [3.05, 3.63) is 0 Å². The van der Waals surface area contributed by atoms with Gasteiger partial charge in [-0.2, -0.15) is 0 Å². The van der Waals surface area contributed by atoms with Crippen LogP contribution in [0.5, 0.6) is 0 Å². The van der Waals surface area contributed by atoms with Crippen LogP contribution in [0.3, 0.4) is 0 Å². The molecule has 1 aliphatic rings. The Bertz CT molecular complexity index is 275. The number of hydrogen-bond acceptors (Lipinski definition) is 3. The third kappa shape index (κ3) is 5.49. The highest BCUT2D eigenvalue weighted by molar-refractivity contribution is 5.83. The Hall–Kier alpha value is -1.10. The first-order chi connectivity index (χ1) is 8.63. The number of carboxylic acid groups (broad SMARTS) is 1. The molecule has 18 heavy (non-hydrogen) atoms. The highest BCUT2D eigenvalue weighted by atomic mass is 16.4. The number of carbonyl (C=O) groups excluding carboxylic acids is 1. The lowest BCUT2D eigenvalue weighted by atomic mass is 9.93. The minimum atomic E-state index is -0.938. The summed E-state index contributed by atoms with van der Waals surface area (Å²) in [4.78, 5) is 22.6. The molecule has 0 aromatic rings. The second-order valence-electron chi connectivity index (χ2n) is 4.98. The van der Waals surface area contributed by atoms with Crippen molar-refractivity contribution in [2.75, 3.05) is 13.1 Å². The zero-order valence-electron chi connectivity index (χ0n) is 11.1. The van der Waals surface area contributed by atoms with Gasteiger partial charge in [0.05, 0.1) is 0 Å². The van der Waals surface area contributed by atoms with Crippen LogP contribution in [0, 0.1) is 5.92 Å². The molecule has 0 saturated carbocycles. The van der Waals surface area contributed by atoms with E-state index in [-0.39, 0.29) is 5.91 Å². The summed E-state index contributed by atoms with van der Waals surface area (Å²) in [5.41, 5.74) is 0. The highest BCUT2D eigenvalue weighted by Gasteiger charge is 2.20. The summed E-state index contributed by atoms with van der Waals surface area (Å²) >= 11 is 0. The summed E-state index contributed by atoms with van der Waals surface area (Å²) in [6.45, 7) is 3.97. The van der Waals surface area contributed by atoms with Gasteiger partial charge >= 0.3 is 5.97 Å². The van der Waals surface area contributed by atoms with E-state index in [1.165, 1.54) is 0 Å². The molecular formula is C13H24N2O3. The first-order valence-electron chi connectivity index (χ1n) is 6.86. The average molecular weight is 256 g/mol. The average Bonchev–Trinajstić information content (AvgIpc) is 2.37. The van der Waals surface area contributed by atoms with Gasteiger partial charge in [0, 0.05) is 6.42 Å². The van der Waals surface area contributed by atoms with Gasteiger partial charge in [0.2, 0.25) is 5.91 Å². The van der Waals surface area contributed by atoms with Gasteiger partial charge < -0.3 is 15.7 Å². The summed E-state index contributed by atoms with van der Waals surface area (Å²) in [6.07, 6.45) is 4.79. The molecule has 0 radical (unpaired) electrons. The van der Waals surface area contributed by atoms with E-state index in [0.29, 0.717) is 18.8 Å². The molecule has 1 rings (SSSR count). The van der Waals surface area contributed by atoms with Crippen molar-refractivity contribution < 1.29 is 14.7 Å². The number of carboxylic acids is 1. The predicted octanol–water partition coefficient (Wildman–Crippen LogP) is 1.14. The van der Waals surface area contributed by atoms with Crippen molar-refractivity contribution >= 4 is 11.9 Å². The van der Waals surface area contributed by atoms with E-state index in [2.05, 4.69) is 10.6 Å². The third-order valence-electron chi connectivity index (χ3n) is 3.45. The topological polar surface area (TPSA) is 78.4 Å². The van der Waals surface area contributed by atoms with E-state index in [1.54, 1.807) is 0 Å². The molecule has 1 amide bonds. The van der Waals surface area contributed by atoms with Gasteiger partial charge in [-0.25, -0.2) is 4.79 Å². The van der Waals surface area contributed by atoms with Crippen LogP contribution in [0.4, 0.5) is 0 Å². The fourth-order valence-electron chi connectivity index (χ4n) is 2.32. The molecular weight excluding hydrogens is 232 g/mol. The normalized spacial score (nSPS) is 18.3. The molecule has 0 aromatic carbocycles. The van der Waals surface area contributed by atoms with Crippen molar-refractivity contribution in [1.29, 1.82) is 0 Å². The predicted molar refractivity (Wildman–Crippen MR) is 69.3 cm³/mol. The van der Waals surface area contributed by atoms with Crippen LogP contribution in [0.1, 0.15) is 45.4 Å². The number of aliphatic carboxylic acids is 1. The van der Waals surface area contributed by atoms with E-state index >= 15 is 0 Å². The van der Waals surface area contributed by atoms with Crippen LogP contribution in [0.15, 0.2) is 0 Å². The van der Waals surface area contributed by atoms with Gasteiger partial charge in [0.1, 0.15) is 6.04 Å². The molecule has 3 N–H and O–H groups in total. The SMILES string of the molecule is CCC[C@H](NC(=O)CCC1CCNCC1)C(=O)O. The van der Waals surface area contributed by atoms with Crippen LogP contribution in [-0.4, -0.2) is 36.1 Å². The first kappa shape index (κ1) is 15.0. The Morgan fingerprint density at radius 3 is 2.61 bits per heavy atom. The highest BCUT2D eigenvalue weighted by Crippen LogP contribution is 2.17. The monoisotopic (exact) mass is 256 g/mol. The molecule has 1 fully saturated rings. The van der Waals surface area contributed by atoms with Crippen molar-refractivity contribution in [3.63, 3.8) is 0 Å². The standard InChI is InChI=1S/C13H24N2O3/c1-2-3-11(13(17)18)15-12(16)5-4-10-6-8-14-9-7-10/h10-11,14H,2-9H2,1H3,(H,15,16)(H,17,18)/t11-/m0/s1. The molecule has 5 heteroatoms. The minimum Gasteiger partial charge on any atom is -0.480 e. The largest absolute Gasteiger partial charge is 0.480 e. The number of piperidine rings is 1. The Balaban J connectivity index is 2.24. The van der Waals surface area contributed by atoms with Gasteiger partial charge in [-0.15, -0.1) is 0 Å². The molecule has 1 aliphatic heterocycles. The number of carbonyl (C=O) groups is 2. The van der Waals surface area contributed by atoms with Crippen LogP contribution < -0.4 is 10.6 Å².